The summed E-state index contributed by atoms with van der Waals surface area (Å²) in [5.41, 5.74) is 1.06. The van der Waals surface area contributed by atoms with Crippen LogP contribution >= 0.6 is 0 Å². The summed E-state index contributed by atoms with van der Waals surface area (Å²) >= 11 is 0. The van der Waals surface area contributed by atoms with Crippen LogP contribution in [0.2, 0.25) is 0 Å². The highest BCUT2D eigenvalue weighted by molar-refractivity contribution is 5.71. The van der Waals surface area contributed by atoms with Gasteiger partial charge >= 0.3 is 5.97 Å². The quantitative estimate of drug-likeness (QED) is 0.770. The number of hydrogen-bond donors (Lipinski definition) is 0. The maximum absolute atomic E-state index is 11.4. The topological polar surface area (TPSA) is 38.8 Å². The van der Waals surface area contributed by atoms with Crippen LogP contribution in [0.1, 0.15) is 19.8 Å². The normalized spacial score (nSPS) is 16.2. The van der Waals surface area contributed by atoms with Gasteiger partial charge in [-0.15, -0.1) is 0 Å². The van der Waals surface area contributed by atoms with Crippen molar-refractivity contribution >= 4 is 11.7 Å². The van der Waals surface area contributed by atoms with Gasteiger partial charge in [0.25, 0.3) is 0 Å². The first kappa shape index (κ1) is 12.7. The van der Waals surface area contributed by atoms with E-state index in [1.165, 1.54) is 7.11 Å². The van der Waals surface area contributed by atoms with Crippen LogP contribution in [0.15, 0.2) is 24.3 Å². The average molecular weight is 249 g/mol. The molecule has 0 spiro atoms. The monoisotopic (exact) mass is 249 g/mol. The zero-order valence-corrected chi connectivity index (χ0v) is 10.9. The first-order valence-electron chi connectivity index (χ1n) is 6.27. The van der Waals surface area contributed by atoms with Gasteiger partial charge in [-0.2, -0.15) is 0 Å². The van der Waals surface area contributed by atoms with Crippen LogP contribution in [0.25, 0.3) is 0 Å². The fourth-order valence-electron chi connectivity index (χ4n) is 2.25. The molecule has 1 heterocycles. The van der Waals surface area contributed by atoms with Crippen molar-refractivity contribution < 1.29 is 14.3 Å². The summed E-state index contributed by atoms with van der Waals surface area (Å²) in [7, 11) is 1.43. The number of rotatable bonds is 3. The Kier molecular flexibility index (Phi) is 4.07. The zero-order valence-electron chi connectivity index (χ0n) is 10.9. The van der Waals surface area contributed by atoms with E-state index in [4.69, 9.17) is 9.47 Å². The van der Waals surface area contributed by atoms with Gasteiger partial charge in [-0.25, -0.2) is 0 Å². The van der Waals surface area contributed by atoms with E-state index in [2.05, 4.69) is 4.90 Å². The Morgan fingerprint density at radius 2 is 2.28 bits per heavy atom. The van der Waals surface area contributed by atoms with Gasteiger partial charge in [0.05, 0.1) is 25.8 Å². The van der Waals surface area contributed by atoms with Gasteiger partial charge in [0.15, 0.2) is 0 Å². The number of fused-ring (bicyclic) bond motifs is 1. The second kappa shape index (κ2) is 5.76. The molecule has 1 atom stereocenters. The van der Waals surface area contributed by atoms with Crippen molar-refractivity contribution in [1.29, 1.82) is 0 Å². The van der Waals surface area contributed by atoms with Gasteiger partial charge in [-0.3, -0.25) is 4.79 Å². The molecule has 0 bridgehead atoms. The number of benzene rings is 1. The molecule has 2 rings (SSSR count). The van der Waals surface area contributed by atoms with Crippen LogP contribution in [-0.2, 0) is 9.53 Å². The highest BCUT2D eigenvalue weighted by Crippen LogP contribution is 2.32. The number of carbonyl (C=O) groups excluding carboxylic acids is 1. The molecule has 0 amide bonds. The minimum absolute atomic E-state index is 0.111. The zero-order chi connectivity index (χ0) is 13.0. The standard InChI is InChI=1S/C14H19NO3/c1-11(10-14(16)17-2)15-8-5-9-18-13-7-4-3-6-12(13)15/h3-4,6-7,11H,5,8-10H2,1-2H3. The minimum atomic E-state index is -0.176. The molecular weight excluding hydrogens is 230 g/mol. The number of esters is 1. The third kappa shape index (κ3) is 2.75. The largest absolute Gasteiger partial charge is 0.491 e. The molecule has 1 aliphatic heterocycles. The first-order chi connectivity index (χ1) is 8.72. The summed E-state index contributed by atoms with van der Waals surface area (Å²) in [6.45, 7) is 3.66. The van der Waals surface area contributed by atoms with Gasteiger partial charge in [-0.1, -0.05) is 12.1 Å². The number of nitrogens with zero attached hydrogens (tertiary/aromatic N) is 1. The lowest BCUT2D eigenvalue weighted by Crippen LogP contribution is -2.35. The van der Waals surface area contributed by atoms with Gasteiger partial charge in [0.2, 0.25) is 0 Å². The minimum Gasteiger partial charge on any atom is -0.491 e. The highest BCUT2D eigenvalue weighted by atomic mass is 16.5. The molecule has 0 saturated heterocycles. The molecule has 4 heteroatoms. The third-order valence-corrected chi connectivity index (χ3v) is 3.20. The van der Waals surface area contributed by atoms with E-state index in [1.54, 1.807) is 0 Å². The van der Waals surface area contributed by atoms with E-state index >= 15 is 0 Å². The second-order valence-corrected chi connectivity index (χ2v) is 4.49. The van der Waals surface area contributed by atoms with Gasteiger partial charge in [0, 0.05) is 12.6 Å². The van der Waals surface area contributed by atoms with E-state index in [9.17, 15) is 4.79 Å². The Morgan fingerprint density at radius 1 is 1.50 bits per heavy atom. The van der Waals surface area contributed by atoms with Gasteiger partial charge in [-0.05, 0) is 25.5 Å². The third-order valence-electron chi connectivity index (χ3n) is 3.20. The van der Waals surface area contributed by atoms with Crippen LogP contribution in [-0.4, -0.2) is 32.3 Å². The van der Waals surface area contributed by atoms with Crippen LogP contribution in [0.4, 0.5) is 5.69 Å². The van der Waals surface area contributed by atoms with Crippen molar-refractivity contribution in [3.63, 3.8) is 0 Å². The average Bonchev–Trinajstić information content (AvgIpc) is 2.60. The summed E-state index contributed by atoms with van der Waals surface area (Å²) in [6, 6.07) is 8.08. The Bertz CT molecular complexity index is 419. The molecule has 0 fully saturated rings. The SMILES string of the molecule is COC(=O)CC(C)N1CCCOc2ccccc21. The number of hydrogen-bond acceptors (Lipinski definition) is 4. The summed E-state index contributed by atoms with van der Waals surface area (Å²) in [4.78, 5) is 13.6. The van der Waals surface area contributed by atoms with E-state index in [1.807, 2.05) is 31.2 Å². The molecule has 1 unspecified atom stereocenters. The van der Waals surface area contributed by atoms with Gasteiger partial charge < -0.3 is 14.4 Å². The lowest BCUT2D eigenvalue weighted by atomic mass is 10.1. The summed E-state index contributed by atoms with van der Waals surface area (Å²) < 4.78 is 10.4. The summed E-state index contributed by atoms with van der Waals surface area (Å²) in [5, 5.41) is 0. The van der Waals surface area contributed by atoms with Crippen LogP contribution < -0.4 is 9.64 Å². The fourth-order valence-corrected chi connectivity index (χ4v) is 2.25. The number of ether oxygens (including phenoxy) is 2. The molecule has 0 N–H and O–H groups in total. The molecule has 0 aromatic heterocycles. The Hall–Kier alpha value is -1.71. The number of methoxy groups -OCH3 is 1. The number of para-hydroxylation sites is 2. The lowest BCUT2D eigenvalue weighted by Gasteiger charge is -2.29. The van der Waals surface area contributed by atoms with Crippen molar-refractivity contribution in [2.24, 2.45) is 0 Å². The Morgan fingerprint density at radius 3 is 3.06 bits per heavy atom. The highest BCUT2D eigenvalue weighted by Gasteiger charge is 2.22. The lowest BCUT2D eigenvalue weighted by molar-refractivity contribution is -0.140. The summed E-state index contributed by atoms with van der Waals surface area (Å²) in [6.07, 6.45) is 1.35. The van der Waals surface area contributed by atoms with Gasteiger partial charge in [0.1, 0.15) is 5.75 Å². The summed E-state index contributed by atoms with van der Waals surface area (Å²) in [5.74, 6) is 0.719. The van der Waals surface area contributed by atoms with Crippen LogP contribution in [0.5, 0.6) is 5.75 Å². The molecule has 1 aromatic rings. The maximum atomic E-state index is 11.4. The molecule has 0 saturated carbocycles. The van der Waals surface area contributed by atoms with Crippen LogP contribution in [0, 0.1) is 0 Å². The van der Waals surface area contributed by atoms with Crippen molar-refractivity contribution in [2.75, 3.05) is 25.2 Å². The van der Waals surface area contributed by atoms with E-state index in [0.717, 1.165) is 31.0 Å². The fraction of sp³-hybridized carbons (Fsp3) is 0.500. The smallest absolute Gasteiger partial charge is 0.307 e. The van der Waals surface area contributed by atoms with Crippen LogP contribution in [0.3, 0.4) is 0 Å². The molecular formula is C14H19NO3. The number of anilines is 1. The molecule has 18 heavy (non-hydrogen) atoms. The van der Waals surface area contributed by atoms with Crippen molar-refractivity contribution in [3.8, 4) is 5.75 Å². The molecule has 0 radical (unpaired) electrons. The molecule has 0 aliphatic carbocycles. The van der Waals surface area contributed by atoms with E-state index in [-0.39, 0.29) is 12.0 Å². The predicted octanol–water partition coefficient (Wildman–Crippen LogP) is 2.23. The first-order valence-corrected chi connectivity index (χ1v) is 6.27. The second-order valence-electron chi connectivity index (χ2n) is 4.49. The van der Waals surface area contributed by atoms with E-state index < -0.39 is 0 Å². The predicted molar refractivity (Wildman–Crippen MR) is 70.0 cm³/mol. The molecule has 1 aliphatic rings. The number of carbonyl (C=O) groups is 1. The Balaban J connectivity index is 2.19. The van der Waals surface area contributed by atoms with E-state index in [0.29, 0.717) is 6.42 Å². The van der Waals surface area contributed by atoms with Crippen molar-refractivity contribution in [2.45, 2.75) is 25.8 Å². The molecule has 98 valence electrons. The van der Waals surface area contributed by atoms with Crippen molar-refractivity contribution in [3.05, 3.63) is 24.3 Å². The molecule has 1 aromatic carbocycles. The maximum Gasteiger partial charge on any atom is 0.307 e. The Labute approximate surface area is 107 Å². The molecule has 4 nitrogen and oxygen atoms in total. The van der Waals surface area contributed by atoms with Crippen molar-refractivity contribution in [1.82, 2.24) is 0 Å².